The Morgan fingerprint density at radius 1 is 1.19 bits per heavy atom. The maximum atomic E-state index is 9.11. The molecular formula is C14H28O2. The van der Waals surface area contributed by atoms with Gasteiger partial charge in [0.25, 0.3) is 0 Å². The van der Waals surface area contributed by atoms with E-state index in [1.165, 1.54) is 7.11 Å². The molecule has 0 bridgehead atoms. The Kier molecular flexibility index (Phi) is 20.6. The van der Waals surface area contributed by atoms with Gasteiger partial charge in [-0.3, -0.25) is 0 Å². The van der Waals surface area contributed by atoms with E-state index in [0.29, 0.717) is 5.76 Å². The fourth-order valence-corrected chi connectivity index (χ4v) is 0.821. The third kappa shape index (κ3) is 12.8. The summed E-state index contributed by atoms with van der Waals surface area (Å²) in [6.45, 7) is 15.2. The number of methoxy groups -OCH3 is 1. The molecule has 2 heteroatoms. The highest BCUT2D eigenvalue weighted by molar-refractivity contribution is 5.20. The van der Waals surface area contributed by atoms with Gasteiger partial charge in [-0.15, -0.1) is 6.58 Å². The number of aliphatic hydroxyl groups is 1. The second-order valence-corrected chi connectivity index (χ2v) is 2.64. The molecule has 0 saturated heterocycles. The van der Waals surface area contributed by atoms with Gasteiger partial charge in [-0.1, -0.05) is 39.3 Å². The molecule has 1 N–H and O–H groups in total. The Morgan fingerprint density at radius 3 is 1.88 bits per heavy atom. The van der Waals surface area contributed by atoms with Crippen LogP contribution in [-0.4, -0.2) is 12.2 Å². The minimum Gasteiger partial charge on any atom is -0.509 e. The summed E-state index contributed by atoms with van der Waals surface area (Å²) < 4.78 is 4.95. The van der Waals surface area contributed by atoms with E-state index in [1.54, 1.807) is 13.0 Å². The average molecular weight is 228 g/mol. The van der Waals surface area contributed by atoms with Crippen LogP contribution in [0.15, 0.2) is 35.8 Å². The molecule has 0 rings (SSSR count). The first-order valence-corrected chi connectivity index (χ1v) is 5.83. The normalized spacial score (nSPS) is 11.1. The van der Waals surface area contributed by atoms with Crippen molar-refractivity contribution in [3.8, 4) is 0 Å². The van der Waals surface area contributed by atoms with Crippen LogP contribution in [0.2, 0.25) is 0 Å². The molecule has 0 aromatic rings. The second-order valence-electron chi connectivity index (χ2n) is 2.64. The van der Waals surface area contributed by atoms with E-state index >= 15 is 0 Å². The molecule has 0 aromatic heterocycles. The molecule has 0 spiro atoms. The number of aliphatic hydroxyl groups excluding tert-OH is 1. The molecule has 0 aromatic carbocycles. The van der Waals surface area contributed by atoms with E-state index in [4.69, 9.17) is 9.84 Å². The fraction of sp³-hybridized carbons (Fsp3) is 0.571. The topological polar surface area (TPSA) is 29.5 Å². The average Bonchev–Trinajstić information content (AvgIpc) is 2.31. The minimum absolute atomic E-state index is 0.195. The van der Waals surface area contributed by atoms with Crippen molar-refractivity contribution in [1.82, 2.24) is 0 Å². The zero-order chi connectivity index (χ0) is 13.6. The highest BCUT2D eigenvalue weighted by Gasteiger charge is 1.96. The molecule has 0 saturated carbocycles. The summed E-state index contributed by atoms with van der Waals surface area (Å²) in [5, 5.41) is 9.11. The molecule has 0 unspecified atom stereocenters. The van der Waals surface area contributed by atoms with Gasteiger partial charge in [0.2, 0.25) is 0 Å². The summed E-state index contributed by atoms with van der Waals surface area (Å²) in [6.07, 6.45) is 4.42. The summed E-state index contributed by atoms with van der Waals surface area (Å²) in [6, 6.07) is 0. The Morgan fingerprint density at radius 2 is 1.62 bits per heavy atom. The summed E-state index contributed by atoms with van der Waals surface area (Å²) in [7, 11) is 1.53. The first kappa shape index (κ1) is 20.3. The summed E-state index contributed by atoms with van der Waals surface area (Å²) >= 11 is 0. The van der Waals surface area contributed by atoms with E-state index in [2.05, 4.69) is 6.58 Å². The highest BCUT2D eigenvalue weighted by atomic mass is 16.5. The van der Waals surface area contributed by atoms with Crippen molar-refractivity contribution in [2.24, 2.45) is 0 Å². The van der Waals surface area contributed by atoms with Crippen LogP contribution in [0.25, 0.3) is 0 Å². The lowest BCUT2D eigenvalue weighted by Crippen LogP contribution is -1.89. The zero-order valence-corrected chi connectivity index (χ0v) is 11.9. The molecule has 2 nitrogen and oxygen atoms in total. The molecule has 0 aliphatic heterocycles. The molecule has 0 radical (unpaired) electrons. The van der Waals surface area contributed by atoms with Crippen LogP contribution in [0.5, 0.6) is 0 Å². The van der Waals surface area contributed by atoms with Crippen LogP contribution in [-0.2, 0) is 4.74 Å². The largest absolute Gasteiger partial charge is 0.509 e. The van der Waals surface area contributed by atoms with Crippen LogP contribution < -0.4 is 0 Å². The lowest BCUT2D eigenvalue weighted by Gasteiger charge is -2.03. The lowest BCUT2D eigenvalue weighted by molar-refractivity contribution is 0.269. The van der Waals surface area contributed by atoms with Crippen molar-refractivity contribution in [3.05, 3.63) is 35.8 Å². The van der Waals surface area contributed by atoms with Gasteiger partial charge in [0.1, 0.15) is 5.76 Å². The quantitative estimate of drug-likeness (QED) is 0.417. The maximum Gasteiger partial charge on any atom is 0.155 e. The smallest absolute Gasteiger partial charge is 0.155 e. The predicted molar refractivity (Wildman–Crippen MR) is 73.6 cm³/mol. The molecule has 96 valence electrons. The SMILES string of the molecule is C=CC/C(C)=C/C(OC)=C(\C)O.CC.CC. The van der Waals surface area contributed by atoms with E-state index in [-0.39, 0.29) is 5.76 Å². The van der Waals surface area contributed by atoms with Gasteiger partial charge < -0.3 is 9.84 Å². The molecule has 0 fully saturated rings. The van der Waals surface area contributed by atoms with Crippen LogP contribution in [0.4, 0.5) is 0 Å². The van der Waals surface area contributed by atoms with E-state index in [0.717, 1.165) is 12.0 Å². The van der Waals surface area contributed by atoms with Crippen molar-refractivity contribution >= 4 is 0 Å². The third-order valence-electron chi connectivity index (χ3n) is 1.42. The van der Waals surface area contributed by atoms with Crippen molar-refractivity contribution in [2.75, 3.05) is 7.11 Å². The summed E-state index contributed by atoms with van der Waals surface area (Å²) in [4.78, 5) is 0. The molecule has 0 amide bonds. The first-order valence-electron chi connectivity index (χ1n) is 5.83. The molecule has 0 atom stereocenters. The Labute approximate surface area is 101 Å². The van der Waals surface area contributed by atoms with Crippen LogP contribution in [0.1, 0.15) is 48.0 Å². The van der Waals surface area contributed by atoms with Gasteiger partial charge in [-0.05, 0) is 26.3 Å². The van der Waals surface area contributed by atoms with E-state index in [9.17, 15) is 0 Å². The van der Waals surface area contributed by atoms with Gasteiger partial charge in [-0.25, -0.2) is 0 Å². The maximum absolute atomic E-state index is 9.11. The minimum atomic E-state index is 0.195. The van der Waals surface area contributed by atoms with E-state index < -0.39 is 0 Å². The highest BCUT2D eigenvalue weighted by Crippen LogP contribution is 2.09. The lowest BCUT2D eigenvalue weighted by atomic mass is 10.2. The summed E-state index contributed by atoms with van der Waals surface area (Å²) in [5.74, 6) is 0.704. The van der Waals surface area contributed by atoms with Gasteiger partial charge in [0, 0.05) is 0 Å². The third-order valence-corrected chi connectivity index (χ3v) is 1.42. The molecule has 16 heavy (non-hydrogen) atoms. The number of allylic oxidation sites excluding steroid dienone is 4. The van der Waals surface area contributed by atoms with E-state index in [1.807, 2.05) is 40.7 Å². The summed E-state index contributed by atoms with van der Waals surface area (Å²) in [5.41, 5.74) is 1.11. The monoisotopic (exact) mass is 228 g/mol. The van der Waals surface area contributed by atoms with Crippen molar-refractivity contribution in [2.45, 2.75) is 48.0 Å². The van der Waals surface area contributed by atoms with Crippen LogP contribution >= 0.6 is 0 Å². The number of rotatable bonds is 4. The van der Waals surface area contributed by atoms with Crippen molar-refractivity contribution in [1.29, 1.82) is 0 Å². The van der Waals surface area contributed by atoms with Crippen molar-refractivity contribution in [3.63, 3.8) is 0 Å². The molecule has 0 aliphatic carbocycles. The predicted octanol–water partition coefficient (Wildman–Crippen LogP) is 5.00. The number of ether oxygens (including phenoxy) is 1. The zero-order valence-electron chi connectivity index (χ0n) is 11.9. The second kappa shape index (κ2) is 16.3. The molecule has 0 aliphatic rings. The molecule has 0 heterocycles. The Bertz CT molecular complexity index is 209. The van der Waals surface area contributed by atoms with Gasteiger partial charge in [0.05, 0.1) is 7.11 Å². The van der Waals surface area contributed by atoms with Crippen molar-refractivity contribution < 1.29 is 9.84 Å². The first-order chi connectivity index (χ1) is 7.61. The van der Waals surface area contributed by atoms with Gasteiger partial charge in [0.15, 0.2) is 5.76 Å². The number of hydrogen-bond acceptors (Lipinski definition) is 2. The number of hydrogen-bond donors (Lipinski definition) is 1. The Balaban J connectivity index is -0.000000376. The van der Waals surface area contributed by atoms with Gasteiger partial charge in [-0.2, -0.15) is 0 Å². The van der Waals surface area contributed by atoms with Crippen LogP contribution in [0.3, 0.4) is 0 Å². The fourth-order valence-electron chi connectivity index (χ4n) is 0.821. The van der Waals surface area contributed by atoms with Gasteiger partial charge >= 0.3 is 0 Å². The van der Waals surface area contributed by atoms with Crippen LogP contribution in [0, 0.1) is 0 Å². The standard InChI is InChI=1S/C10H16O2.2C2H6/c1-5-6-8(2)7-10(12-4)9(3)11;2*1-2/h5,7,11H,1,6H2,2-4H3;2*1-2H3/b8-7+,10-9-;;. The molecular weight excluding hydrogens is 200 g/mol. The Hall–Kier alpha value is -1.18.